The zero-order valence-corrected chi connectivity index (χ0v) is 17.3. The molecule has 2 heterocycles. The zero-order valence-electron chi connectivity index (χ0n) is 15.8. The first-order valence-corrected chi connectivity index (χ1v) is 11.1. The fraction of sp³-hybridized carbons (Fsp3) is 0.263. The number of anilines is 2. The van der Waals surface area contributed by atoms with Gasteiger partial charge >= 0.3 is 0 Å². The summed E-state index contributed by atoms with van der Waals surface area (Å²) >= 11 is 5.85. The van der Waals surface area contributed by atoms with Crippen molar-refractivity contribution in [2.24, 2.45) is 0 Å². The first-order chi connectivity index (χ1) is 14.3. The van der Waals surface area contributed by atoms with Gasteiger partial charge in [-0.2, -0.15) is 8.42 Å². The van der Waals surface area contributed by atoms with Crippen LogP contribution in [0.2, 0.25) is 5.02 Å². The highest BCUT2D eigenvalue weighted by Crippen LogP contribution is 2.38. The van der Waals surface area contributed by atoms with Crippen molar-refractivity contribution in [3.63, 3.8) is 0 Å². The highest BCUT2D eigenvalue weighted by molar-refractivity contribution is 7.85. The Morgan fingerprint density at radius 2 is 2.10 bits per heavy atom. The van der Waals surface area contributed by atoms with Crippen molar-refractivity contribution in [1.82, 2.24) is 9.97 Å². The normalized spacial score (nSPS) is 15.9. The summed E-state index contributed by atoms with van der Waals surface area (Å²) in [5.41, 5.74) is 1.19. The van der Waals surface area contributed by atoms with E-state index >= 15 is 0 Å². The van der Waals surface area contributed by atoms with Crippen LogP contribution in [0.1, 0.15) is 6.42 Å². The number of hydrogen-bond donors (Lipinski definition) is 1. The second kappa shape index (κ2) is 8.21. The molecule has 0 saturated carbocycles. The van der Waals surface area contributed by atoms with E-state index in [-0.39, 0.29) is 24.3 Å². The van der Waals surface area contributed by atoms with Crippen LogP contribution in [-0.4, -0.2) is 44.0 Å². The molecule has 1 unspecified atom stereocenters. The van der Waals surface area contributed by atoms with Gasteiger partial charge in [0.25, 0.3) is 10.1 Å². The number of ether oxygens (including phenoxy) is 2. The van der Waals surface area contributed by atoms with E-state index in [1.807, 2.05) is 0 Å². The minimum atomic E-state index is -3.51. The topological polar surface area (TPSA) is 99.6 Å². The molecular weight excluding hydrogens is 437 g/mol. The molecule has 0 spiro atoms. The average molecular weight is 454 g/mol. The predicted molar refractivity (Wildman–Crippen MR) is 110 cm³/mol. The van der Waals surface area contributed by atoms with Gasteiger partial charge in [-0.15, -0.1) is 0 Å². The molecule has 0 radical (unpaired) electrons. The van der Waals surface area contributed by atoms with E-state index in [0.717, 1.165) is 6.26 Å². The minimum Gasteiger partial charge on any atom is -0.486 e. The fourth-order valence-corrected chi connectivity index (χ4v) is 3.53. The van der Waals surface area contributed by atoms with Gasteiger partial charge in [0.15, 0.2) is 11.5 Å². The molecule has 0 fully saturated rings. The van der Waals surface area contributed by atoms with E-state index in [1.165, 1.54) is 18.5 Å². The molecule has 0 saturated heterocycles. The van der Waals surface area contributed by atoms with Crippen molar-refractivity contribution in [2.75, 3.05) is 24.8 Å². The average Bonchev–Trinajstić information content (AvgIpc) is 2.69. The standard InChI is InChI=1S/C19H17ClFN3O5S/c1-30(25,26)28-5-4-12-9-27-17-8-16-13(7-18(17)29-12)19(23-10-22-16)24-11-2-3-15(21)14(20)6-11/h2-3,6-8,10,12H,4-5,9H2,1H3,(H,22,23,24). The molecule has 11 heteroatoms. The van der Waals surface area contributed by atoms with E-state index in [2.05, 4.69) is 15.3 Å². The first-order valence-electron chi connectivity index (χ1n) is 8.93. The van der Waals surface area contributed by atoms with Gasteiger partial charge in [0.05, 0.1) is 23.4 Å². The van der Waals surface area contributed by atoms with Crippen LogP contribution in [0.3, 0.4) is 0 Å². The summed E-state index contributed by atoms with van der Waals surface area (Å²) in [6.45, 7) is 0.257. The summed E-state index contributed by atoms with van der Waals surface area (Å²) in [7, 11) is -3.51. The van der Waals surface area contributed by atoms with Crippen molar-refractivity contribution in [2.45, 2.75) is 12.5 Å². The number of benzene rings is 2. The number of aromatic nitrogens is 2. The van der Waals surface area contributed by atoms with E-state index in [0.29, 0.717) is 40.3 Å². The van der Waals surface area contributed by atoms with Crippen molar-refractivity contribution in [1.29, 1.82) is 0 Å². The molecule has 3 aromatic rings. The smallest absolute Gasteiger partial charge is 0.264 e. The molecule has 1 aromatic heterocycles. The van der Waals surface area contributed by atoms with Crippen LogP contribution in [0.25, 0.3) is 10.9 Å². The Labute approximate surface area is 177 Å². The highest BCUT2D eigenvalue weighted by atomic mass is 35.5. The van der Waals surface area contributed by atoms with Crippen molar-refractivity contribution in [3.05, 3.63) is 47.5 Å². The molecular formula is C19H17ClFN3O5S. The van der Waals surface area contributed by atoms with Gasteiger partial charge in [0.1, 0.15) is 30.7 Å². The maximum atomic E-state index is 13.4. The molecule has 0 amide bonds. The van der Waals surface area contributed by atoms with Gasteiger partial charge in [-0.1, -0.05) is 11.6 Å². The Hall–Kier alpha value is -2.69. The van der Waals surface area contributed by atoms with Crippen LogP contribution >= 0.6 is 11.6 Å². The molecule has 1 N–H and O–H groups in total. The maximum absolute atomic E-state index is 13.4. The lowest BCUT2D eigenvalue weighted by molar-refractivity contribution is 0.0746. The first kappa shape index (κ1) is 20.6. The third-order valence-electron chi connectivity index (χ3n) is 4.34. The number of fused-ring (bicyclic) bond motifs is 2. The molecule has 158 valence electrons. The van der Waals surface area contributed by atoms with Crippen LogP contribution in [-0.2, 0) is 14.3 Å². The van der Waals surface area contributed by atoms with Crippen molar-refractivity contribution < 1.29 is 26.5 Å². The lowest BCUT2D eigenvalue weighted by Crippen LogP contribution is -2.30. The quantitative estimate of drug-likeness (QED) is 0.564. The molecule has 1 aliphatic heterocycles. The maximum Gasteiger partial charge on any atom is 0.264 e. The minimum absolute atomic E-state index is 0.00296. The lowest BCUT2D eigenvalue weighted by Gasteiger charge is -2.26. The van der Waals surface area contributed by atoms with Crippen molar-refractivity contribution in [3.8, 4) is 11.5 Å². The summed E-state index contributed by atoms with van der Waals surface area (Å²) in [4.78, 5) is 8.52. The monoisotopic (exact) mass is 453 g/mol. The summed E-state index contributed by atoms with van der Waals surface area (Å²) < 4.78 is 52.1. The third-order valence-corrected chi connectivity index (χ3v) is 5.22. The Balaban J connectivity index is 1.58. The SMILES string of the molecule is CS(=O)(=O)OCCC1COc2cc3ncnc(Nc4ccc(F)c(Cl)c4)c3cc2O1. The van der Waals surface area contributed by atoms with E-state index in [1.54, 1.807) is 18.2 Å². The van der Waals surface area contributed by atoms with Crippen LogP contribution < -0.4 is 14.8 Å². The molecule has 30 heavy (non-hydrogen) atoms. The van der Waals surface area contributed by atoms with Gasteiger partial charge in [-0.3, -0.25) is 4.18 Å². The van der Waals surface area contributed by atoms with E-state index in [9.17, 15) is 12.8 Å². The third kappa shape index (κ3) is 4.72. The van der Waals surface area contributed by atoms with Gasteiger partial charge in [0.2, 0.25) is 0 Å². The Kier molecular flexibility index (Phi) is 5.63. The molecule has 2 aromatic carbocycles. The summed E-state index contributed by atoms with van der Waals surface area (Å²) in [6, 6.07) is 7.74. The van der Waals surface area contributed by atoms with Gasteiger partial charge in [0, 0.05) is 23.6 Å². The summed E-state index contributed by atoms with van der Waals surface area (Å²) in [5.74, 6) is 0.974. The number of rotatable bonds is 6. The summed E-state index contributed by atoms with van der Waals surface area (Å²) in [5, 5.41) is 3.75. The summed E-state index contributed by atoms with van der Waals surface area (Å²) in [6.07, 6.45) is 2.37. The van der Waals surface area contributed by atoms with Crippen molar-refractivity contribution >= 4 is 44.1 Å². The van der Waals surface area contributed by atoms with E-state index in [4.69, 9.17) is 25.3 Å². The Morgan fingerprint density at radius 3 is 2.87 bits per heavy atom. The number of hydrogen-bond acceptors (Lipinski definition) is 8. The molecule has 0 aliphatic carbocycles. The number of nitrogens with one attached hydrogen (secondary N) is 1. The largest absolute Gasteiger partial charge is 0.486 e. The molecule has 8 nitrogen and oxygen atoms in total. The van der Waals surface area contributed by atoms with Crippen LogP contribution in [0.5, 0.6) is 11.5 Å². The van der Waals surface area contributed by atoms with E-state index < -0.39 is 15.9 Å². The van der Waals surface area contributed by atoms with Gasteiger partial charge in [-0.05, 0) is 24.3 Å². The van der Waals surface area contributed by atoms with Crippen LogP contribution in [0, 0.1) is 5.82 Å². The second-order valence-electron chi connectivity index (χ2n) is 6.66. The lowest BCUT2D eigenvalue weighted by atomic mass is 10.1. The van der Waals surface area contributed by atoms with Gasteiger partial charge in [-0.25, -0.2) is 14.4 Å². The van der Waals surface area contributed by atoms with Gasteiger partial charge < -0.3 is 14.8 Å². The van der Waals surface area contributed by atoms with Crippen LogP contribution in [0.15, 0.2) is 36.7 Å². The Morgan fingerprint density at radius 1 is 1.27 bits per heavy atom. The van der Waals surface area contributed by atoms with Crippen LogP contribution in [0.4, 0.5) is 15.9 Å². The highest BCUT2D eigenvalue weighted by Gasteiger charge is 2.23. The molecule has 1 aliphatic rings. The molecule has 0 bridgehead atoms. The molecule has 1 atom stereocenters. The number of halogens is 2. The molecule has 4 rings (SSSR count). The number of nitrogens with zero attached hydrogens (tertiary/aromatic N) is 2. The second-order valence-corrected chi connectivity index (χ2v) is 8.71. The zero-order chi connectivity index (χ0) is 21.3. The Bertz CT molecular complexity index is 1210. The predicted octanol–water partition coefficient (Wildman–Crippen LogP) is 3.67. The fourth-order valence-electron chi connectivity index (χ4n) is 2.95.